The Hall–Kier alpha value is -1.26. The number of rotatable bonds is 6. The van der Waals surface area contributed by atoms with E-state index in [2.05, 4.69) is 41.5 Å². The van der Waals surface area contributed by atoms with Crippen molar-refractivity contribution in [3.8, 4) is 0 Å². The number of benzene rings is 1. The number of nitrogens with zero attached hydrogens (tertiary/aromatic N) is 1. The quantitative estimate of drug-likeness (QED) is 0.818. The van der Waals surface area contributed by atoms with Gasteiger partial charge in [0.15, 0.2) is 0 Å². The third-order valence-electron chi connectivity index (χ3n) is 3.11. The van der Waals surface area contributed by atoms with Gasteiger partial charge in [-0.1, -0.05) is 43.0 Å². The van der Waals surface area contributed by atoms with E-state index in [0.29, 0.717) is 6.04 Å². The Labute approximate surface area is 118 Å². The van der Waals surface area contributed by atoms with Crippen LogP contribution in [0.1, 0.15) is 29.8 Å². The number of hydrogen-bond acceptors (Lipinski definition) is 4. The first-order valence-corrected chi connectivity index (χ1v) is 7.52. The highest BCUT2D eigenvalue weighted by Gasteiger charge is 2.11. The van der Waals surface area contributed by atoms with Crippen LogP contribution in [-0.2, 0) is 6.42 Å². The van der Waals surface area contributed by atoms with Crippen LogP contribution in [0.2, 0.25) is 0 Å². The Morgan fingerprint density at radius 2 is 2.05 bits per heavy atom. The van der Waals surface area contributed by atoms with Crippen molar-refractivity contribution in [2.75, 3.05) is 12.8 Å². The summed E-state index contributed by atoms with van der Waals surface area (Å²) >= 11 is 1.64. The maximum absolute atomic E-state index is 5.36. The van der Waals surface area contributed by atoms with Crippen LogP contribution in [0.5, 0.6) is 0 Å². The highest BCUT2D eigenvalue weighted by molar-refractivity contribution is 7.99. The number of hydrogen-bond donors (Lipinski definition) is 1. The zero-order chi connectivity index (χ0) is 13.7. The van der Waals surface area contributed by atoms with E-state index in [-0.39, 0.29) is 0 Å². The second-order valence-corrected chi connectivity index (χ2v) is 5.47. The van der Waals surface area contributed by atoms with Crippen molar-refractivity contribution in [3.05, 3.63) is 47.3 Å². The summed E-state index contributed by atoms with van der Waals surface area (Å²) in [6.07, 6.45) is 2.77. The lowest BCUT2D eigenvalue weighted by Gasteiger charge is -2.15. The Balaban J connectivity index is 1.98. The smallest absolute Gasteiger partial charge is 0.255 e. The SMILES string of the molecule is CCc1ccc(C(CSc2nc(C)co2)NC)cc1. The molecule has 0 aliphatic carbocycles. The summed E-state index contributed by atoms with van der Waals surface area (Å²) in [6.45, 7) is 4.11. The van der Waals surface area contributed by atoms with Crippen LogP contribution in [0.15, 0.2) is 40.2 Å². The molecule has 0 bridgehead atoms. The normalized spacial score (nSPS) is 12.6. The van der Waals surface area contributed by atoms with Crippen molar-refractivity contribution >= 4 is 11.8 Å². The monoisotopic (exact) mass is 276 g/mol. The molecule has 0 spiro atoms. The van der Waals surface area contributed by atoms with E-state index in [1.54, 1.807) is 18.0 Å². The molecule has 0 amide bonds. The minimum absolute atomic E-state index is 0.308. The lowest BCUT2D eigenvalue weighted by Crippen LogP contribution is -2.18. The number of nitrogens with one attached hydrogen (secondary N) is 1. The van der Waals surface area contributed by atoms with Gasteiger partial charge in [0.2, 0.25) is 0 Å². The van der Waals surface area contributed by atoms with Crippen molar-refractivity contribution in [1.29, 1.82) is 0 Å². The number of aryl methyl sites for hydroxylation is 2. The van der Waals surface area contributed by atoms with Gasteiger partial charge >= 0.3 is 0 Å². The molecule has 102 valence electrons. The third-order valence-corrected chi connectivity index (χ3v) is 4.04. The first-order valence-electron chi connectivity index (χ1n) is 6.54. The van der Waals surface area contributed by atoms with Crippen molar-refractivity contribution < 1.29 is 4.42 Å². The molecule has 2 rings (SSSR count). The number of thioether (sulfide) groups is 1. The van der Waals surface area contributed by atoms with Crippen molar-refractivity contribution in [3.63, 3.8) is 0 Å². The molecule has 1 unspecified atom stereocenters. The summed E-state index contributed by atoms with van der Waals surface area (Å²) in [5.74, 6) is 0.905. The van der Waals surface area contributed by atoms with E-state index >= 15 is 0 Å². The first kappa shape index (κ1) is 14.2. The van der Waals surface area contributed by atoms with E-state index in [1.807, 2.05) is 14.0 Å². The van der Waals surface area contributed by atoms with Gasteiger partial charge in [0, 0.05) is 11.8 Å². The van der Waals surface area contributed by atoms with Crippen LogP contribution in [0.4, 0.5) is 0 Å². The Kier molecular flexibility index (Phi) is 5.05. The molecule has 4 heteroatoms. The number of oxazole rings is 1. The Morgan fingerprint density at radius 3 is 2.58 bits per heavy atom. The Bertz CT molecular complexity index is 507. The average molecular weight is 276 g/mol. The van der Waals surface area contributed by atoms with Crippen molar-refractivity contribution in [2.24, 2.45) is 0 Å². The largest absolute Gasteiger partial charge is 0.440 e. The summed E-state index contributed by atoms with van der Waals surface area (Å²) in [7, 11) is 1.99. The van der Waals surface area contributed by atoms with E-state index < -0.39 is 0 Å². The zero-order valence-corrected chi connectivity index (χ0v) is 12.5. The molecule has 19 heavy (non-hydrogen) atoms. The summed E-state index contributed by atoms with van der Waals surface area (Å²) in [4.78, 5) is 4.31. The molecule has 0 saturated heterocycles. The molecule has 0 radical (unpaired) electrons. The predicted molar refractivity (Wildman–Crippen MR) is 79.6 cm³/mol. The topological polar surface area (TPSA) is 38.1 Å². The van der Waals surface area contributed by atoms with E-state index in [1.165, 1.54) is 11.1 Å². The second-order valence-electron chi connectivity index (χ2n) is 4.50. The van der Waals surface area contributed by atoms with Gasteiger partial charge in [0.05, 0.1) is 5.69 Å². The maximum atomic E-state index is 5.36. The van der Waals surface area contributed by atoms with Gasteiger partial charge in [-0.25, -0.2) is 4.98 Å². The van der Waals surface area contributed by atoms with E-state index in [9.17, 15) is 0 Å². The molecule has 1 aromatic heterocycles. The molecule has 2 aromatic rings. The van der Waals surface area contributed by atoms with Gasteiger partial charge in [-0.2, -0.15) is 0 Å². The molecule has 0 fully saturated rings. The average Bonchev–Trinajstić information content (AvgIpc) is 2.86. The van der Waals surface area contributed by atoms with E-state index in [4.69, 9.17) is 4.42 Å². The van der Waals surface area contributed by atoms with Gasteiger partial charge in [0.25, 0.3) is 5.22 Å². The molecule has 1 atom stereocenters. The van der Waals surface area contributed by atoms with Gasteiger partial charge < -0.3 is 9.73 Å². The van der Waals surface area contributed by atoms with Gasteiger partial charge in [-0.3, -0.25) is 0 Å². The predicted octanol–water partition coefficient (Wildman–Crippen LogP) is 3.60. The molecular weight excluding hydrogens is 256 g/mol. The fraction of sp³-hybridized carbons (Fsp3) is 0.400. The highest BCUT2D eigenvalue weighted by Crippen LogP contribution is 2.24. The molecule has 1 aromatic carbocycles. The molecular formula is C15H20N2OS. The highest BCUT2D eigenvalue weighted by atomic mass is 32.2. The van der Waals surface area contributed by atoms with Crippen LogP contribution in [0, 0.1) is 6.92 Å². The lowest BCUT2D eigenvalue weighted by atomic mass is 10.1. The van der Waals surface area contributed by atoms with Crippen molar-refractivity contribution in [2.45, 2.75) is 31.5 Å². The minimum atomic E-state index is 0.308. The van der Waals surface area contributed by atoms with Crippen molar-refractivity contribution in [1.82, 2.24) is 10.3 Å². The molecule has 0 aliphatic rings. The second kappa shape index (κ2) is 6.78. The molecule has 1 heterocycles. The zero-order valence-electron chi connectivity index (χ0n) is 11.6. The maximum Gasteiger partial charge on any atom is 0.255 e. The van der Waals surface area contributed by atoms with Crippen LogP contribution in [-0.4, -0.2) is 17.8 Å². The molecule has 3 nitrogen and oxygen atoms in total. The fourth-order valence-electron chi connectivity index (χ4n) is 1.89. The first-order chi connectivity index (χ1) is 9.22. The summed E-state index contributed by atoms with van der Waals surface area (Å²) < 4.78 is 5.36. The minimum Gasteiger partial charge on any atom is -0.440 e. The summed E-state index contributed by atoms with van der Waals surface area (Å²) in [5.41, 5.74) is 3.60. The van der Waals surface area contributed by atoms with E-state index in [0.717, 1.165) is 23.1 Å². The third kappa shape index (κ3) is 3.85. The standard InChI is InChI=1S/C15H20N2OS/c1-4-12-5-7-13(8-6-12)14(16-3)10-19-15-17-11(2)9-18-15/h5-9,14,16H,4,10H2,1-3H3. The summed E-state index contributed by atoms with van der Waals surface area (Å²) in [6, 6.07) is 9.09. The van der Waals surface area contributed by atoms with Crippen LogP contribution >= 0.6 is 11.8 Å². The molecule has 0 saturated carbocycles. The molecule has 1 N–H and O–H groups in total. The molecule has 0 aliphatic heterocycles. The van der Waals surface area contributed by atoms with Crippen LogP contribution in [0.3, 0.4) is 0 Å². The van der Waals surface area contributed by atoms with Gasteiger partial charge in [0.1, 0.15) is 6.26 Å². The fourth-order valence-corrected chi connectivity index (χ4v) is 2.88. The number of aromatic nitrogens is 1. The Morgan fingerprint density at radius 1 is 1.32 bits per heavy atom. The van der Waals surface area contributed by atoms with Crippen LogP contribution in [0.25, 0.3) is 0 Å². The van der Waals surface area contributed by atoms with Gasteiger partial charge in [-0.05, 0) is 31.5 Å². The summed E-state index contributed by atoms with van der Waals surface area (Å²) in [5, 5.41) is 4.08. The van der Waals surface area contributed by atoms with Gasteiger partial charge in [-0.15, -0.1) is 0 Å². The lowest BCUT2D eigenvalue weighted by molar-refractivity contribution is 0.453. The van der Waals surface area contributed by atoms with Crippen LogP contribution < -0.4 is 5.32 Å².